The fraction of sp³-hybridized carbons (Fsp3) is 0.400. The highest BCUT2D eigenvalue weighted by atomic mass is 79.9. The van der Waals surface area contributed by atoms with Crippen molar-refractivity contribution in [1.29, 1.82) is 0 Å². The standard InChI is InChI=1S/C10H11BrFN3O/c11-8-2-1-3-9(14-8)15-5-6(12)4-7(15)10(13)16/h1-3,6-7H,4-5H2,(H2,13,16). The summed E-state index contributed by atoms with van der Waals surface area (Å²) in [5, 5.41) is 0. The van der Waals surface area contributed by atoms with Crippen molar-refractivity contribution in [2.24, 2.45) is 5.73 Å². The molecule has 4 nitrogen and oxygen atoms in total. The lowest BCUT2D eigenvalue weighted by atomic mass is 10.2. The molecule has 6 heteroatoms. The molecule has 86 valence electrons. The van der Waals surface area contributed by atoms with Crippen LogP contribution in [0.4, 0.5) is 10.2 Å². The molecule has 0 aromatic carbocycles. The van der Waals surface area contributed by atoms with E-state index in [1.54, 1.807) is 23.1 Å². The van der Waals surface area contributed by atoms with Gasteiger partial charge in [-0.1, -0.05) is 6.07 Å². The van der Waals surface area contributed by atoms with Gasteiger partial charge in [0.1, 0.15) is 22.6 Å². The van der Waals surface area contributed by atoms with E-state index in [1.807, 2.05) is 0 Å². The topological polar surface area (TPSA) is 59.2 Å². The van der Waals surface area contributed by atoms with Gasteiger partial charge in [0.05, 0.1) is 6.54 Å². The molecular weight excluding hydrogens is 277 g/mol. The van der Waals surface area contributed by atoms with Crippen LogP contribution < -0.4 is 10.6 Å². The second-order valence-corrected chi connectivity index (χ2v) is 4.53. The van der Waals surface area contributed by atoms with Crippen molar-refractivity contribution in [2.45, 2.75) is 18.6 Å². The first kappa shape index (κ1) is 11.3. The summed E-state index contributed by atoms with van der Waals surface area (Å²) in [5.74, 6) is 0.0558. The lowest BCUT2D eigenvalue weighted by Crippen LogP contribution is -2.40. The molecule has 0 saturated carbocycles. The fourth-order valence-electron chi connectivity index (χ4n) is 1.87. The van der Waals surface area contributed by atoms with Gasteiger partial charge in [-0.2, -0.15) is 0 Å². The van der Waals surface area contributed by atoms with Gasteiger partial charge in [0.15, 0.2) is 0 Å². The minimum Gasteiger partial charge on any atom is -0.368 e. The number of rotatable bonds is 2. The van der Waals surface area contributed by atoms with E-state index in [-0.39, 0.29) is 13.0 Å². The Kier molecular flexibility index (Phi) is 3.09. The zero-order chi connectivity index (χ0) is 11.7. The molecular formula is C10H11BrFN3O. The highest BCUT2D eigenvalue weighted by Crippen LogP contribution is 2.26. The smallest absolute Gasteiger partial charge is 0.240 e. The summed E-state index contributed by atoms with van der Waals surface area (Å²) >= 11 is 3.23. The maximum Gasteiger partial charge on any atom is 0.240 e. The van der Waals surface area contributed by atoms with Gasteiger partial charge >= 0.3 is 0 Å². The van der Waals surface area contributed by atoms with Crippen LogP contribution >= 0.6 is 15.9 Å². The molecule has 16 heavy (non-hydrogen) atoms. The summed E-state index contributed by atoms with van der Waals surface area (Å²) in [5.41, 5.74) is 5.24. The molecule has 1 aromatic rings. The van der Waals surface area contributed by atoms with E-state index in [1.165, 1.54) is 0 Å². The first-order valence-corrected chi connectivity index (χ1v) is 5.70. The number of amides is 1. The van der Waals surface area contributed by atoms with Gasteiger partial charge in [-0.15, -0.1) is 0 Å². The van der Waals surface area contributed by atoms with Crippen molar-refractivity contribution in [1.82, 2.24) is 4.98 Å². The van der Waals surface area contributed by atoms with Gasteiger partial charge in [0.25, 0.3) is 0 Å². The third-order valence-corrected chi connectivity index (χ3v) is 3.01. The van der Waals surface area contributed by atoms with E-state index >= 15 is 0 Å². The van der Waals surface area contributed by atoms with Crippen molar-refractivity contribution in [3.05, 3.63) is 22.8 Å². The molecule has 0 bridgehead atoms. The Hall–Kier alpha value is -1.17. The number of primary amides is 1. The number of aromatic nitrogens is 1. The van der Waals surface area contributed by atoms with Gasteiger partial charge in [0, 0.05) is 6.42 Å². The van der Waals surface area contributed by atoms with Crippen molar-refractivity contribution in [3.63, 3.8) is 0 Å². The Bertz CT molecular complexity index is 415. The second-order valence-electron chi connectivity index (χ2n) is 3.72. The van der Waals surface area contributed by atoms with Crippen LogP contribution in [0.15, 0.2) is 22.8 Å². The predicted molar refractivity (Wildman–Crippen MR) is 61.8 cm³/mol. The minimum absolute atomic E-state index is 0.142. The molecule has 1 aliphatic heterocycles. The normalized spacial score (nSPS) is 24.8. The summed E-state index contributed by atoms with van der Waals surface area (Å²) < 4.78 is 13.9. The van der Waals surface area contributed by atoms with E-state index in [9.17, 15) is 9.18 Å². The first-order valence-electron chi connectivity index (χ1n) is 4.90. The van der Waals surface area contributed by atoms with Gasteiger partial charge < -0.3 is 10.6 Å². The largest absolute Gasteiger partial charge is 0.368 e. The zero-order valence-corrected chi connectivity index (χ0v) is 10.0. The molecule has 1 saturated heterocycles. The van der Waals surface area contributed by atoms with Gasteiger partial charge in [-0.05, 0) is 28.1 Å². The molecule has 1 fully saturated rings. The number of anilines is 1. The van der Waals surface area contributed by atoms with Gasteiger partial charge in [-0.3, -0.25) is 4.79 Å². The van der Waals surface area contributed by atoms with Gasteiger partial charge in [0.2, 0.25) is 5.91 Å². The Balaban J connectivity index is 2.28. The van der Waals surface area contributed by atoms with E-state index in [2.05, 4.69) is 20.9 Å². The molecule has 0 aliphatic carbocycles. The van der Waals surface area contributed by atoms with Crippen LogP contribution in [-0.4, -0.2) is 29.6 Å². The lowest BCUT2D eigenvalue weighted by molar-refractivity contribution is -0.119. The Morgan fingerprint density at radius 3 is 3.00 bits per heavy atom. The Morgan fingerprint density at radius 2 is 2.38 bits per heavy atom. The molecule has 2 unspecified atom stereocenters. The zero-order valence-electron chi connectivity index (χ0n) is 8.44. The van der Waals surface area contributed by atoms with Gasteiger partial charge in [-0.25, -0.2) is 9.37 Å². The quantitative estimate of drug-likeness (QED) is 0.833. The number of carbonyl (C=O) groups excluding carboxylic acids is 1. The molecule has 2 N–H and O–H groups in total. The SMILES string of the molecule is NC(=O)C1CC(F)CN1c1cccc(Br)n1. The number of alkyl halides is 1. The van der Waals surface area contributed by atoms with Crippen LogP contribution in [0.1, 0.15) is 6.42 Å². The average Bonchev–Trinajstić information content (AvgIpc) is 2.60. The van der Waals surface area contributed by atoms with E-state index in [4.69, 9.17) is 5.73 Å². The van der Waals surface area contributed by atoms with Crippen LogP contribution in [0, 0.1) is 0 Å². The maximum absolute atomic E-state index is 13.3. The fourth-order valence-corrected chi connectivity index (χ4v) is 2.20. The average molecular weight is 288 g/mol. The molecule has 1 aliphatic rings. The summed E-state index contributed by atoms with van der Waals surface area (Å²) in [6.07, 6.45) is -0.887. The summed E-state index contributed by atoms with van der Waals surface area (Å²) in [7, 11) is 0. The van der Waals surface area contributed by atoms with Crippen molar-refractivity contribution >= 4 is 27.7 Å². The number of halogens is 2. The number of nitrogens with zero attached hydrogens (tertiary/aromatic N) is 2. The Labute approximate surface area is 101 Å². The monoisotopic (exact) mass is 287 g/mol. The number of hydrogen-bond donors (Lipinski definition) is 1. The third-order valence-electron chi connectivity index (χ3n) is 2.57. The van der Waals surface area contributed by atoms with Crippen molar-refractivity contribution in [2.75, 3.05) is 11.4 Å². The van der Waals surface area contributed by atoms with Crippen LogP contribution in [0.3, 0.4) is 0 Å². The summed E-state index contributed by atoms with van der Waals surface area (Å²) in [4.78, 5) is 17.0. The number of nitrogens with two attached hydrogens (primary N) is 1. The second kappa shape index (κ2) is 4.37. The first-order chi connectivity index (χ1) is 7.58. The van der Waals surface area contributed by atoms with Crippen molar-refractivity contribution < 1.29 is 9.18 Å². The van der Waals surface area contributed by atoms with E-state index in [0.29, 0.717) is 10.4 Å². The Morgan fingerprint density at radius 1 is 1.62 bits per heavy atom. The van der Waals surface area contributed by atoms with Crippen LogP contribution in [0.25, 0.3) is 0 Å². The predicted octanol–water partition coefficient (Wildman–Crippen LogP) is 1.25. The minimum atomic E-state index is -1.03. The van der Waals surface area contributed by atoms with Crippen LogP contribution in [-0.2, 0) is 4.79 Å². The van der Waals surface area contributed by atoms with E-state index in [0.717, 1.165) is 0 Å². The molecule has 1 amide bonds. The molecule has 2 rings (SSSR count). The molecule has 0 radical (unpaired) electrons. The third kappa shape index (κ3) is 2.16. The molecule has 0 spiro atoms. The number of pyridine rings is 1. The highest BCUT2D eigenvalue weighted by Gasteiger charge is 2.36. The summed E-state index contributed by atoms with van der Waals surface area (Å²) in [6, 6.07) is 4.69. The maximum atomic E-state index is 13.3. The van der Waals surface area contributed by atoms with Crippen molar-refractivity contribution in [3.8, 4) is 0 Å². The van der Waals surface area contributed by atoms with Crippen LogP contribution in [0.2, 0.25) is 0 Å². The highest BCUT2D eigenvalue weighted by molar-refractivity contribution is 9.10. The molecule has 2 atom stereocenters. The number of carbonyl (C=O) groups is 1. The molecule has 1 aromatic heterocycles. The van der Waals surface area contributed by atoms with Crippen LogP contribution in [0.5, 0.6) is 0 Å². The van der Waals surface area contributed by atoms with E-state index < -0.39 is 18.1 Å². The lowest BCUT2D eigenvalue weighted by Gasteiger charge is -2.22. The molecule has 2 heterocycles. The summed E-state index contributed by atoms with van der Waals surface area (Å²) in [6.45, 7) is 0.164. The number of hydrogen-bond acceptors (Lipinski definition) is 3.